The molecule has 1 fully saturated rings. The number of ether oxygens (including phenoxy) is 1. The Kier molecular flexibility index (Phi) is 7.24. The van der Waals surface area contributed by atoms with Crippen molar-refractivity contribution in [1.29, 1.82) is 0 Å². The van der Waals surface area contributed by atoms with Crippen LogP contribution in [0.5, 0.6) is 5.75 Å². The van der Waals surface area contributed by atoms with E-state index in [1.165, 1.54) is 32.8 Å². The van der Waals surface area contributed by atoms with Gasteiger partial charge in [-0.05, 0) is 31.5 Å². The Morgan fingerprint density at radius 1 is 1.21 bits per heavy atom. The molecule has 2 aromatic heterocycles. The fourth-order valence-electron chi connectivity index (χ4n) is 4.65. The molecule has 1 unspecified atom stereocenters. The molecule has 39 heavy (non-hydrogen) atoms. The Bertz CT molecular complexity index is 1440. The Morgan fingerprint density at radius 3 is 2.74 bits per heavy atom. The number of likely N-dealkylation sites (tertiary alicyclic amines) is 1. The lowest BCUT2D eigenvalue weighted by atomic mass is 10.0. The van der Waals surface area contributed by atoms with E-state index in [2.05, 4.69) is 20.5 Å². The van der Waals surface area contributed by atoms with Crippen molar-refractivity contribution in [3.63, 3.8) is 0 Å². The van der Waals surface area contributed by atoms with Crippen molar-refractivity contribution in [3.05, 3.63) is 70.7 Å². The molecule has 5 rings (SSSR count). The predicted octanol–water partition coefficient (Wildman–Crippen LogP) is 2.50. The molecule has 0 saturated carbocycles. The van der Waals surface area contributed by atoms with Gasteiger partial charge in [0.25, 0.3) is 5.91 Å². The predicted molar refractivity (Wildman–Crippen MR) is 136 cm³/mol. The average Bonchev–Trinajstić information content (AvgIpc) is 3.49. The van der Waals surface area contributed by atoms with Crippen LogP contribution in [0.1, 0.15) is 39.8 Å². The molecular weight excluding hydrogens is 512 g/mol. The summed E-state index contributed by atoms with van der Waals surface area (Å²) in [6, 6.07) is 6.72. The first kappa shape index (κ1) is 26.2. The number of amides is 3. The van der Waals surface area contributed by atoms with Crippen LogP contribution in [0.3, 0.4) is 0 Å². The monoisotopic (exact) mass is 539 g/mol. The molecule has 3 amide bonds. The van der Waals surface area contributed by atoms with Crippen molar-refractivity contribution < 1.29 is 28.2 Å². The SMILES string of the molecule is Cc1nn(-c2cc(OC3CN(C(=O)N4N=CCC4c4cccc(F)c4)C3)c(F)cn2)c(C)c1C(=O)NCCO. The number of aliphatic hydroxyl groups excluding tert-OH is 1. The lowest BCUT2D eigenvalue weighted by molar-refractivity contribution is 0.0256. The van der Waals surface area contributed by atoms with Crippen molar-refractivity contribution in [2.45, 2.75) is 32.4 Å². The third-order valence-corrected chi connectivity index (χ3v) is 6.61. The van der Waals surface area contributed by atoms with Gasteiger partial charge < -0.3 is 20.1 Å². The van der Waals surface area contributed by atoms with E-state index in [1.54, 1.807) is 32.2 Å². The molecule has 204 valence electrons. The van der Waals surface area contributed by atoms with E-state index in [9.17, 15) is 18.4 Å². The normalized spacial score (nSPS) is 16.9. The van der Waals surface area contributed by atoms with E-state index < -0.39 is 18.0 Å². The lowest BCUT2D eigenvalue weighted by Gasteiger charge is -2.41. The van der Waals surface area contributed by atoms with Gasteiger partial charge >= 0.3 is 6.03 Å². The zero-order valence-electron chi connectivity index (χ0n) is 21.3. The summed E-state index contributed by atoms with van der Waals surface area (Å²) in [6.07, 6.45) is 2.65. The number of pyridine rings is 1. The van der Waals surface area contributed by atoms with E-state index in [1.807, 2.05) is 0 Å². The number of carbonyl (C=O) groups is 2. The second-order valence-corrected chi connectivity index (χ2v) is 9.29. The van der Waals surface area contributed by atoms with Gasteiger partial charge in [-0.2, -0.15) is 10.2 Å². The second kappa shape index (κ2) is 10.8. The standard InChI is InChI=1S/C26H27F2N7O4/c1-15-24(25(37)29-8-9-36)16(2)34(32-15)23-11-22(20(28)12-30-23)39-19-13-33(14-19)26(38)35-21(6-7-31-35)17-4-3-5-18(27)10-17/h3-5,7,10-12,19,21,36H,6,8-9,13-14H2,1-2H3,(H,29,37). The van der Waals surface area contributed by atoms with E-state index in [-0.39, 0.29) is 55.6 Å². The molecule has 0 aliphatic carbocycles. The maximum Gasteiger partial charge on any atom is 0.341 e. The van der Waals surface area contributed by atoms with E-state index >= 15 is 0 Å². The number of carbonyl (C=O) groups excluding carboxylic acids is 2. The molecule has 1 saturated heterocycles. The van der Waals surface area contributed by atoms with Gasteiger partial charge in [-0.25, -0.2) is 28.3 Å². The number of hydrogen-bond acceptors (Lipinski definition) is 7. The van der Waals surface area contributed by atoms with Crippen molar-refractivity contribution >= 4 is 18.2 Å². The largest absolute Gasteiger partial charge is 0.483 e. The van der Waals surface area contributed by atoms with Crippen LogP contribution in [0, 0.1) is 25.5 Å². The number of benzene rings is 1. The van der Waals surface area contributed by atoms with Crippen LogP contribution < -0.4 is 10.1 Å². The minimum Gasteiger partial charge on any atom is -0.483 e. The number of nitrogens with one attached hydrogen (secondary N) is 1. The van der Waals surface area contributed by atoms with Crippen molar-refractivity contribution in [2.24, 2.45) is 5.10 Å². The van der Waals surface area contributed by atoms with Crippen LogP contribution in [-0.4, -0.2) is 80.3 Å². The van der Waals surface area contributed by atoms with Crippen molar-refractivity contribution in [3.8, 4) is 11.6 Å². The van der Waals surface area contributed by atoms with Gasteiger partial charge in [0, 0.05) is 25.2 Å². The summed E-state index contributed by atoms with van der Waals surface area (Å²) in [4.78, 5) is 31.1. The molecule has 0 radical (unpaired) electrons. The fourth-order valence-corrected chi connectivity index (χ4v) is 4.65. The van der Waals surface area contributed by atoms with Crippen molar-refractivity contribution in [2.75, 3.05) is 26.2 Å². The summed E-state index contributed by atoms with van der Waals surface area (Å²) >= 11 is 0. The number of nitrogens with zero attached hydrogens (tertiary/aromatic N) is 6. The third-order valence-electron chi connectivity index (χ3n) is 6.61. The first-order valence-electron chi connectivity index (χ1n) is 12.4. The molecule has 2 aliphatic rings. The van der Waals surface area contributed by atoms with Crippen LogP contribution in [0.2, 0.25) is 0 Å². The van der Waals surface area contributed by atoms with E-state index in [0.717, 1.165) is 6.20 Å². The molecule has 1 aromatic carbocycles. The number of hydrazone groups is 1. The van der Waals surface area contributed by atoms with Gasteiger partial charge in [0.05, 0.1) is 48.9 Å². The van der Waals surface area contributed by atoms with E-state index in [4.69, 9.17) is 9.84 Å². The number of rotatable bonds is 7. The van der Waals surface area contributed by atoms with Crippen LogP contribution in [-0.2, 0) is 0 Å². The highest BCUT2D eigenvalue weighted by Crippen LogP contribution is 2.31. The van der Waals surface area contributed by atoms with Crippen LogP contribution in [0.15, 0.2) is 41.6 Å². The zero-order chi connectivity index (χ0) is 27.7. The molecule has 1 atom stereocenters. The zero-order valence-corrected chi connectivity index (χ0v) is 21.3. The number of aliphatic hydroxyl groups is 1. The molecule has 13 heteroatoms. The minimum atomic E-state index is -0.679. The Balaban J connectivity index is 1.25. The highest BCUT2D eigenvalue weighted by molar-refractivity contribution is 5.96. The van der Waals surface area contributed by atoms with Gasteiger partial charge in [0.15, 0.2) is 17.4 Å². The molecule has 2 aliphatic heterocycles. The van der Waals surface area contributed by atoms with Gasteiger partial charge in [0.1, 0.15) is 11.9 Å². The first-order valence-corrected chi connectivity index (χ1v) is 12.4. The molecule has 0 bridgehead atoms. The smallest absolute Gasteiger partial charge is 0.341 e. The molecule has 0 spiro atoms. The Morgan fingerprint density at radius 2 is 2.00 bits per heavy atom. The summed E-state index contributed by atoms with van der Waals surface area (Å²) < 4.78 is 35.5. The summed E-state index contributed by atoms with van der Waals surface area (Å²) in [5.41, 5.74) is 1.93. The second-order valence-electron chi connectivity index (χ2n) is 9.29. The summed E-state index contributed by atoms with van der Waals surface area (Å²) in [5, 5.41) is 21.4. The highest BCUT2D eigenvalue weighted by Gasteiger charge is 2.39. The molecule has 4 heterocycles. The lowest BCUT2D eigenvalue weighted by Crippen LogP contribution is -2.58. The first-order chi connectivity index (χ1) is 18.8. The van der Waals surface area contributed by atoms with Crippen LogP contribution >= 0.6 is 0 Å². The fraction of sp³-hybridized carbons (Fsp3) is 0.346. The molecule has 11 nitrogen and oxygen atoms in total. The van der Waals surface area contributed by atoms with E-state index in [0.29, 0.717) is 28.9 Å². The Labute approximate surface area is 222 Å². The summed E-state index contributed by atoms with van der Waals surface area (Å²) in [7, 11) is 0. The van der Waals surface area contributed by atoms with Gasteiger partial charge in [-0.3, -0.25) is 4.79 Å². The maximum absolute atomic E-state index is 14.6. The quantitative estimate of drug-likeness (QED) is 0.475. The van der Waals surface area contributed by atoms with Gasteiger partial charge in [-0.15, -0.1) is 0 Å². The van der Waals surface area contributed by atoms with Crippen LogP contribution in [0.25, 0.3) is 5.82 Å². The third kappa shape index (κ3) is 5.17. The average molecular weight is 540 g/mol. The van der Waals surface area contributed by atoms with Crippen LogP contribution in [0.4, 0.5) is 13.6 Å². The molecule has 3 aromatic rings. The molecule has 2 N–H and O–H groups in total. The highest BCUT2D eigenvalue weighted by atomic mass is 19.1. The molecular formula is C26H27F2N7O4. The summed E-state index contributed by atoms with van der Waals surface area (Å²) in [6.45, 7) is 3.70. The number of hydrogen-bond donors (Lipinski definition) is 2. The number of urea groups is 1. The number of aryl methyl sites for hydroxylation is 1. The van der Waals surface area contributed by atoms with Gasteiger partial charge in [0.2, 0.25) is 0 Å². The number of aromatic nitrogens is 3. The number of halogens is 2. The Hall–Kier alpha value is -4.39. The maximum atomic E-state index is 14.6. The van der Waals surface area contributed by atoms with Gasteiger partial charge in [-0.1, -0.05) is 12.1 Å². The minimum absolute atomic E-state index is 0.0623. The summed E-state index contributed by atoms with van der Waals surface area (Å²) in [5.74, 6) is -1.26. The topological polar surface area (TPSA) is 125 Å². The van der Waals surface area contributed by atoms with Crippen molar-refractivity contribution in [1.82, 2.24) is 30.0 Å².